The van der Waals surface area contributed by atoms with Crippen LogP contribution in [0.15, 0.2) is 35.1 Å². The predicted molar refractivity (Wildman–Crippen MR) is 94.1 cm³/mol. The van der Waals surface area contributed by atoms with E-state index in [4.69, 9.17) is 0 Å². The fourth-order valence-electron chi connectivity index (χ4n) is 3.69. The number of rotatable bonds is 3. The molecule has 1 saturated carbocycles. The van der Waals surface area contributed by atoms with E-state index in [2.05, 4.69) is 29.4 Å². The van der Waals surface area contributed by atoms with Crippen molar-refractivity contribution in [1.82, 2.24) is 10.3 Å². The Balaban J connectivity index is 1.53. The molecule has 2 atom stereocenters. The number of H-pyrrole nitrogens is 1. The van der Waals surface area contributed by atoms with Crippen molar-refractivity contribution in [2.75, 3.05) is 0 Å². The molecule has 2 N–H and O–H groups in total. The summed E-state index contributed by atoms with van der Waals surface area (Å²) in [5.41, 5.74) is 3.21. The number of hydrogen-bond donors (Lipinski definition) is 2. The number of carbonyl (C=O) groups is 2. The molecule has 0 aliphatic heterocycles. The van der Waals surface area contributed by atoms with Gasteiger partial charge in [-0.15, -0.1) is 0 Å². The molecule has 1 aromatic heterocycles. The highest BCUT2D eigenvalue weighted by molar-refractivity contribution is 6.01. The number of Topliss-reactive ketones (excluding diaryl/α,β-unsaturated/α-hetero) is 1. The monoisotopic (exact) mass is 336 g/mol. The van der Waals surface area contributed by atoms with Crippen LogP contribution in [0.5, 0.6) is 0 Å². The largest absolute Gasteiger partial charge is 0.348 e. The van der Waals surface area contributed by atoms with Crippen LogP contribution in [0.25, 0.3) is 0 Å². The average molecular weight is 336 g/mol. The number of amides is 1. The Morgan fingerprint density at radius 2 is 2.00 bits per heavy atom. The van der Waals surface area contributed by atoms with Crippen molar-refractivity contribution >= 4 is 11.7 Å². The highest BCUT2D eigenvalue weighted by atomic mass is 16.2. The molecule has 1 fully saturated rings. The van der Waals surface area contributed by atoms with Crippen LogP contribution in [0.3, 0.4) is 0 Å². The molecular formula is C20H20N2O3. The Labute approximate surface area is 145 Å². The van der Waals surface area contributed by atoms with Crippen LogP contribution in [0.1, 0.15) is 62.7 Å². The number of pyridine rings is 1. The Hall–Kier alpha value is -2.69. The lowest BCUT2D eigenvalue weighted by atomic mass is 9.93. The molecule has 128 valence electrons. The quantitative estimate of drug-likeness (QED) is 0.904. The van der Waals surface area contributed by atoms with Gasteiger partial charge in [0.25, 0.3) is 11.5 Å². The summed E-state index contributed by atoms with van der Waals surface area (Å²) in [5, 5.41) is 2.94. The number of fused-ring (bicyclic) bond motifs is 1. The number of hydrogen-bond acceptors (Lipinski definition) is 3. The summed E-state index contributed by atoms with van der Waals surface area (Å²) in [6.45, 7) is 2.06. The summed E-state index contributed by atoms with van der Waals surface area (Å²) in [4.78, 5) is 39.5. The molecular weight excluding hydrogens is 316 g/mol. The standard InChI is InChI=1S/C20H20N2O3/c1-11-5-2-3-6-12(11)13-10-17(13)22-20(25)15-9-14-16(21-19(15)24)7-4-8-18(14)23/h2-3,5-6,9,13,17H,4,7-8,10H2,1H3,(H,21,24)(H,22,25)/t13-,17+/m0/s1. The zero-order chi connectivity index (χ0) is 17.6. The molecule has 5 nitrogen and oxygen atoms in total. The molecule has 25 heavy (non-hydrogen) atoms. The molecule has 0 bridgehead atoms. The van der Waals surface area contributed by atoms with Crippen molar-refractivity contribution in [2.45, 2.75) is 44.6 Å². The Morgan fingerprint density at radius 3 is 2.80 bits per heavy atom. The molecule has 4 rings (SSSR count). The lowest BCUT2D eigenvalue weighted by molar-refractivity contribution is 0.0948. The van der Waals surface area contributed by atoms with Gasteiger partial charge in [-0.3, -0.25) is 14.4 Å². The third-order valence-corrected chi connectivity index (χ3v) is 5.19. The van der Waals surface area contributed by atoms with Gasteiger partial charge in [0, 0.05) is 29.6 Å². The van der Waals surface area contributed by atoms with E-state index in [-0.39, 0.29) is 17.4 Å². The van der Waals surface area contributed by atoms with Crippen LogP contribution < -0.4 is 10.9 Å². The molecule has 1 heterocycles. The zero-order valence-corrected chi connectivity index (χ0v) is 14.1. The van der Waals surface area contributed by atoms with Crippen LogP contribution >= 0.6 is 0 Å². The minimum Gasteiger partial charge on any atom is -0.348 e. The van der Waals surface area contributed by atoms with E-state index < -0.39 is 11.5 Å². The molecule has 5 heteroatoms. The van der Waals surface area contributed by atoms with Crippen molar-refractivity contribution in [3.8, 4) is 0 Å². The van der Waals surface area contributed by atoms with Gasteiger partial charge in [0.15, 0.2) is 5.78 Å². The van der Waals surface area contributed by atoms with Gasteiger partial charge in [-0.2, -0.15) is 0 Å². The van der Waals surface area contributed by atoms with Crippen molar-refractivity contribution in [3.63, 3.8) is 0 Å². The lowest BCUT2D eigenvalue weighted by Gasteiger charge is -2.15. The normalized spacial score (nSPS) is 21.6. The van der Waals surface area contributed by atoms with Crippen LogP contribution in [0, 0.1) is 6.92 Å². The SMILES string of the molecule is Cc1ccccc1[C@@H]1C[C@H]1NC(=O)c1cc2c([nH]c1=O)CCCC2=O. The van der Waals surface area contributed by atoms with Gasteiger partial charge in [0.1, 0.15) is 5.56 Å². The fourth-order valence-corrected chi connectivity index (χ4v) is 3.69. The van der Waals surface area contributed by atoms with E-state index >= 15 is 0 Å². The second kappa shape index (κ2) is 5.99. The molecule has 2 aliphatic carbocycles. The summed E-state index contributed by atoms with van der Waals surface area (Å²) in [5.74, 6) is -0.109. The van der Waals surface area contributed by atoms with Crippen molar-refractivity contribution in [1.29, 1.82) is 0 Å². The highest BCUT2D eigenvalue weighted by Gasteiger charge is 2.40. The van der Waals surface area contributed by atoms with Crippen LogP contribution in [-0.2, 0) is 6.42 Å². The Kier molecular flexibility index (Phi) is 3.79. The molecule has 0 radical (unpaired) electrons. The summed E-state index contributed by atoms with van der Waals surface area (Å²) < 4.78 is 0. The molecule has 2 aromatic rings. The Morgan fingerprint density at radius 1 is 1.20 bits per heavy atom. The zero-order valence-electron chi connectivity index (χ0n) is 14.1. The van der Waals surface area contributed by atoms with Crippen LogP contribution in [0.4, 0.5) is 0 Å². The van der Waals surface area contributed by atoms with Gasteiger partial charge in [0.05, 0.1) is 0 Å². The van der Waals surface area contributed by atoms with E-state index in [1.807, 2.05) is 12.1 Å². The summed E-state index contributed by atoms with van der Waals surface area (Å²) >= 11 is 0. The first-order valence-corrected chi connectivity index (χ1v) is 8.70. The van der Waals surface area contributed by atoms with E-state index in [9.17, 15) is 14.4 Å². The maximum Gasteiger partial charge on any atom is 0.261 e. The van der Waals surface area contributed by atoms with E-state index in [1.54, 1.807) is 0 Å². The molecule has 1 amide bonds. The minimum absolute atomic E-state index is 0.00393. The van der Waals surface area contributed by atoms with Gasteiger partial charge in [-0.05, 0) is 43.4 Å². The number of aryl methyl sites for hydroxylation is 2. The molecule has 0 saturated heterocycles. The van der Waals surface area contributed by atoms with Crippen LogP contribution in [-0.4, -0.2) is 22.7 Å². The molecule has 2 aliphatic rings. The summed E-state index contributed by atoms with van der Waals surface area (Å²) in [6.07, 6.45) is 2.76. The molecule has 0 spiro atoms. The van der Waals surface area contributed by atoms with E-state index in [0.717, 1.165) is 12.8 Å². The van der Waals surface area contributed by atoms with Crippen LogP contribution in [0.2, 0.25) is 0 Å². The molecule has 1 aromatic carbocycles. The number of nitrogens with one attached hydrogen (secondary N) is 2. The first kappa shape index (κ1) is 15.8. The highest BCUT2D eigenvalue weighted by Crippen LogP contribution is 2.42. The van der Waals surface area contributed by atoms with Crippen molar-refractivity contribution in [2.24, 2.45) is 0 Å². The summed E-state index contributed by atoms with van der Waals surface area (Å²) in [7, 11) is 0. The summed E-state index contributed by atoms with van der Waals surface area (Å²) in [6, 6.07) is 9.65. The maximum absolute atomic E-state index is 12.5. The smallest absolute Gasteiger partial charge is 0.261 e. The van der Waals surface area contributed by atoms with Crippen molar-refractivity contribution < 1.29 is 9.59 Å². The Bertz CT molecular complexity index is 929. The predicted octanol–water partition coefficient (Wildman–Crippen LogP) is 2.49. The topological polar surface area (TPSA) is 79.0 Å². The number of carbonyl (C=O) groups excluding carboxylic acids is 2. The van der Waals surface area contributed by atoms with Gasteiger partial charge in [0.2, 0.25) is 0 Å². The van der Waals surface area contributed by atoms with Gasteiger partial charge in [-0.25, -0.2) is 0 Å². The first-order chi connectivity index (χ1) is 12.0. The van der Waals surface area contributed by atoms with Gasteiger partial charge in [-0.1, -0.05) is 24.3 Å². The second-order valence-electron chi connectivity index (χ2n) is 6.96. The first-order valence-electron chi connectivity index (χ1n) is 8.70. The average Bonchev–Trinajstić information content (AvgIpc) is 3.33. The fraction of sp³-hybridized carbons (Fsp3) is 0.350. The lowest BCUT2D eigenvalue weighted by Crippen LogP contribution is -2.33. The third kappa shape index (κ3) is 2.90. The number of aromatic nitrogens is 1. The number of aromatic amines is 1. The minimum atomic E-state index is -0.418. The number of benzene rings is 1. The van der Waals surface area contributed by atoms with Gasteiger partial charge >= 0.3 is 0 Å². The van der Waals surface area contributed by atoms with Gasteiger partial charge < -0.3 is 10.3 Å². The van der Waals surface area contributed by atoms with Crippen molar-refractivity contribution in [3.05, 3.63) is 68.6 Å². The maximum atomic E-state index is 12.5. The molecule has 0 unspecified atom stereocenters. The third-order valence-electron chi connectivity index (χ3n) is 5.19. The second-order valence-corrected chi connectivity index (χ2v) is 6.96. The van der Waals surface area contributed by atoms with E-state index in [0.29, 0.717) is 30.0 Å². The number of ketones is 1. The van der Waals surface area contributed by atoms with E-state index in [1.165, 1.54) is 17.2 Å².